The number of carbonyl (C=O) groups is 1. The summed E-state index contributed by atoms with van der Waals surface area (Å²) in [6.07, 6.45) is 0. The van der Waals surface area contributed by atoms with Crippen LogP contribution in [0.2, 0.25) is 0 Å². The van der Waals surface area contributed by atoms with Gasteiger partial charge in [-0.3, -0.25) is 4.79 Å². The normalized spacial score (nSPS) is 10.2. The first-order chi connectivity index (χ1) is 13.6. The smallest absolute Gasteiger partial charge is 0.259 e. The van der Waals surface area contributed by atoms with E-state index in [9.17, 15) is 9.18 Å². The van der Waals surface area contributed by atoms with E-state index in [1.807, 2.05) is 0 Å². The Morgan fingerprint density at radius 1 is 0.893 bits per heavy atom. The Bertz CT molecular complexity index is 957. The van der Waals surface area contributed by atoms with Crippen molar-refractivity contribution in [3.05, 3.63) is 83.7 Å². The molecule has 0 saturated heterocycles. The van der Waals surface area contributed by atoms with Crippen LogP contribution >= 0.6 is 0 Å². The molecule has 0 saturated carbocycles. The van der Waals surface area contributed by atoms with Crippen molar-refractivity contribution in [1.82, 2.24) is 0 Å². The van der Waals surface area contributed by atoms with Gasteiger partial charge in [-0.2, -0.15) is 0 Å². The molecule has 0 unspecified atom stereocenters. The second-order valence-corrected chi connectivity index (χ2v) is 5.94. The summed E-state index contributed by atoms with van der Waals surface area (Å²) in [7, 11) is 3.08. The highest BCUT2D eigenvalue weighted by Gasteiger charge is 2.14. The monoisotopic (exact) mass is 381 g/mol. The third-order valence-electron chi connectivity index (χ3n) is 4.08. The van der Waals surface area contributed by atoms with Gasteiger partial charge in [-0.1, -0.05) is 24.3 Å². The number of amides is 1. The molecule has 0 aliphatic rings. The van der Waals surface area contributed by atoms with Crippen LogP contribution in [0, 0.1) is 5.82 Å². The Hall–Kier alpha value is -3.54. The maximum Gasteiger partial charge on any atom is 0.259 e. The SMILES string of the molecule is COc1ccc(NC(=O)c2ccccc2OCc2ccc(F)cc2)cc1OC. The van der Waals surface area contributed by atoms with Gasteiger partial charge in [0, 0.05) is 11.8 Å². The van der Waals surface area contributed by atoms with Crippen molar-refractivity contribution in [1.29, 1.82) is 0 Å². The number of methoxy groups -OCH3 is 2. The molecule has 1 amide bonds. The largest absolute Gasteiger partial charge is 0.493 e. The Labute approximate surface area is 162 Å². The topological polar surface area (TPSA) is 56.8 Å². The van der Waals surface area contributed by atoms with E-state index in [1.165, 1.54) is 19.2 Å². The Balaban J connectivity index is 1.74. The number of para-hydroxylation sites is 1. The highest BCUT2D eigenvalue weighted by Crippen LogP contribution is 2.30. The number of benzene rings is 3. The van der Waals surface area contributed by atoms with Gasteiger partial charge in [0.05, 0.1) is 19.8 Å². The van der Waals surface area contributed by atoms with Crippen molar-refractivity contribution >= 4 is 11.6 Å². The van der Waals surface area contributed by atoms with Crippen LogP contribution in [-0.4, -0.2) is 20.1 Å². The number of halogens is 1. The Morgan fingerprint density at radius 2 is 1.61 bits per heavy atom. The van der Waals surface area contributed by atoms with Crippen LogP contribution in [0.3, 0.4) is 0 Å². The number of carbonyl (C=O) groups excluding carboxylic acids is 1. The maximum absolute atomic E-state index is 13.0. The lowest BCUT2D eigenvalue weighted by Crippen LogP contribution is -2.13. The van der Waals surface area contributed by atoms with Gasteiger partial charge in [0.2, 0.25) is 0 Å². The van der Waals surface area contributed by atoms with Crippen LogP contribution in [0.5, 0.6) is 17.2 Å². The quantitative estimate of drug-likeness (QED) is 0.646. The van der Waals surface area contributed by atoms with Crippen molar-refractivity contribution in [2.75, 3.05) is 19.5 Å². The van der Waals surface area contributed by atoms with Gasteiger partial charge in [0.25, 0.3) is 5.91 Å². The third kappa shape index (κ3) is 4.59. The number of ether oxygens (including phenoxy) is 3. The average molecular weight is 381 g/mol. The second-order valence-electron chi connectivity index (χ2n) is 5.94. The molecule has 0 aromatic heterocycles. The molecule has 3 rings (SSSR count). The van der Waals surface area contributed by atoms with Crippen molar-refractivity contribution in [3.8, 4) is 17.2 Å². The van der Waals surface area contributed by atoms with Gasteiger partial charge in [0.15, 0.2) is 11.5 Å². The molecule has 28 heavy (non-hydrogen) atoms. The molecular formula is C22H20FNO4. The first-order valence-corrected chi connectivity index (χ1v) is 8.60. The van der Waals surface area contributed by atoms with Crippen LogP contribution in [-0.2, 0) is 6.61 Å². The molecule has 0 aliphatic heterocycles. The first-order valence-electron chi connectivity index (χ1n) is 8.60. The molecular weight excluding hydrogens is 361 g/mol. The van der Waals surface area contributed by atoms with Gasteiger partial charge in [-0.15, -0.1) is 0 Å². The summed E-state index contributed by atoms with van der Waals surface area (Å²) in [6.45, 7) is 0.223. The van der Waals surface area contributed by atoms with Crippen LogP contribution < -0.4 is 19.5 Å². The molecule has 5 nitrogen and oxygen atoms in total. The van der Waals surface area contributed by atoms with Crippen molar-refractivity contribution in [2.45, 2.75) is 6.61 Å². The zero-order chi connectivity index (χ0) is 19.9. The molecule has 0 spiro atoms. The number of hydrogen-bond donors (Lipinski definition) is 1. The molecule has 3 aromatic carbocycles. The van der Waals surface area contributed by atoms with Gasteiger partial charge >= 0.3 is 0 Å². The molecule has 0 fully saturated rings. The molecule has 0 atom stereocenters. The van der Waals surface area contributed by atoms with Crippen LogP contribution in [0.4, 0.5) is 10.1 Å². The average Bonchev–Trinajstić information content (AvgIpc) is 2.73. The fraction of sp³-hybridized carbons (Fsp3) is 0.136. The number of rotatable bonds is 7. The van der Waals surface area contributed by atoms with E-state index in [2.05, 4.69) is 5.32 Å². The molecule has 144 valence electrons. The summed E-state index contributed by atoms with van der Waals surface area (Å²) < 4.78 is 29.2. The summed E-state index contributed by atoms with van der Waals surface area (Å²) >= 11 is 0. The Kier molecular flexibility index (Phi) is 6.11. The number of hydrogen-bond acceptors (Lipinski definition) is 4. The van der Waals surface area contributed by atoms with E-state index in [-0.39, 0.29) is 18.3 Å². The zero-order valence-electron chi connectivity index (χ0n) is 15.6. The van der Waals surface area contributed by atoms with E-state index in [0.29, 0.717) is 28.5 Å². The molecule has 6 heteroatoms. The summed E-state index contributed by atoms with van der Waals surface area (Å²) in [5, 5.41) is 2.83. The fourth-order valence-corrected chi connectivity index (χ4v) is 2.63. The van der Waals surface area contributed by atoms with Crippen molar-refractivity contribution in [3.63, 3.8) is 0 Å². The summed E-state index contributed by atoms with van der Waals surface area (Å²) in [6, 6.07) is 18.1. The van der Waals surface area contributed by atoms with Crippen LogP contribution in [0.1, 0.15) is 15.9 Å². The minimum Gasteiger partial charge on any atom is -0.493 e. The molecule has 0 radical (unpaired) electrons. The van der Waals surface area contributed by atoms with Crippen molar-refractivity contribution in [2.24, 2.45) is 0 Å². The zero-order valence-corrected chi connectivity index (χ0v) is 15.6. The Morgan fingerprint density at radius 3 is 2.32 bits per heavy atom. The summed E-state index contributed by atoms with van der Waals surface area (Å²) in [4.78, 5) is 12.7. The highest BCUT2D eigenvalue weighted by molar-refractivity contribution is 6.06. The minimum absolute atomic E-state index is 0.223. The van der Waals surface area contributed by atoms with Gasteiger partial charge in [-0.25, -0.2) is 4.39 Å². The highest BCUT2D eigenvalue weighted by atomic mass is 19.1. The third-order valence-corrected chi connectivity index (χ3v) is 4.08. The first kappa shape index (κ1) is 19.2. The van der Waals surface area contributed by atoms with E-state index in [4.69, 9.17) is 14.2 Å². The number of nitrogens with one attached hydrogen (secondary N) is 1. The van der Waals surface area contributed by atoms with E-state index in [1.54, 1.807) is 61.7 Å². The van der Waals surface area contributed by atoms with Gasteiger partial charge < -0.3 is 19.5 Å². The second kappa shape index (κ2) is 8.90. The molecule has 1 N–H and O–H groups in total. The predicted octanol–water partition coefficient (Wildman–Crippen LogP) is 4.67. The molecule has 3 aromatic rings. The van der Waals surface area contributed by atoms with Crippen LogP contribution in [0.25, 0.3) is 0 Å². The lowest BCUT2D eigenvalue weighted by molar-refractivity contribution is 0.102. The van der Waals surface area contributed by atoms with E-state index < -0.39 is 0 Å². The fourth-order valence-electron chi connectivity index (χ4n) is 2.63. The lowest BCUT2D eigenvalue weighted by Gasteiger charge is -2.13. The van der Waals surface area contributed by atoms with Crippen LogP contribution in [0.15, 0.2) is 66.7 Å². The molecule has 0 aliphatic carbocycles. The summed E-state index contributed by atoms with van der Waals surface area (Å²) in [5.74, 6) is 0.898. The standard InChI is InChI=1S/C22H20FNO4/c1-26-20-12-11-17(13-21(20)27-2)24-22(25)18-5-3-4-6-19(18)28-14-15-7-9-16(23)10-8-15/h3-13H,14H2,1-2H3,(H,24,25). The van der Waals surface area contributed by atoms with Gasteiger partial charge in [0.1, 0.15) is 18.2 Å². The predicted molar refractivity (Wildman–Crippen MR) is 105 cm³/mol. The van der Waals surface area contributed by atoms with Crippen molar-refractivity contribution < 1.29 is 23.4 Å². The lowest BCUT2D eigenvalue weighted by atomic mass is 10.1. The van der Waals surface area contributed by atoms with Gasteiger partial charge in [-0.05, 0) is 42.0 Å². The number of anilines is 1. The van der Waals surface area contributed by atoms with E-state index in [0.717, 1.165) is 5.56 Å². The molecule has 0 heterocycles. The van der Waals surface area contributed by atoms with E-state index >= 15 is 0 Å². The minimum atomic E-state index is -0.318. The summed E-state index contributed by atoms with van der Waals surface area (Å²) in [5.41, 5.74) is 1.76. The maximum atomic E-state index is 13.0. The molecule has 0 bridgehead atoms.